The molecule has 0 saturated carbocycles. The molecule has 1 aliphatic rings. The molecule has 25 heavy (non-hydrogen) atoms. The SMILES string of the molecule is Nc1c(NCC2CCCO2)ncnc1Nc1ccc(C(F)(F)F)cc1. The maximum atomic E-state index is 12.6. The van der Waals surface area contributed by atoms with Gasteiger partial charge in [0.2, 0.25) is 0 Å². The smallest absolute Gasteiger partial charge is 0.393 e. The predicted molar refractivity (Wildman–Crippen MR) is 88.6 cm³/mol. The van der Waals surface area contributed by atoms with E-state index in [0.29, 0.717) is 29.6 Å². The zero-order chi connectivity index (χ0) is 17.9. The zero-order valence-corrected chi connectivity index (χ0v) is 13.3. The fourth-order valence-corrected chi connectivity index (χ4v) is 2.53. The van der Waals surface area contributed by atoms with Gasteiger partial charge in [-0.05, 0) is 37.1 Å². The fourth-order valence-electron chi connectivity index (χ4n) is 2.53. The van der Waals surface area contributed by atoms with Gasteiger partial charge in [0.25, 0.3) is 0 Å². The van der Waals surface area contributed by atoms with Crippen LogP contribution in [-0.2, 0) is 10.9 Å². The maximum Gasteiger partial charge on any atom is 0.416 e. The normalized spacial score (nSPS) is 17.5. The number of alkyl halides is 3. The molecule has 9 heteroatoms. The van der Waals surface area contributed by atoms with Crippen LogP contribution in [0.5, 0.6) is 0 Å². The van der Waals surface area contributed by atoms with Crippen molar-refractivity contribution in [1.82, 2.24) is 9.97 Å². The Kier molecular flexibility index (Phi) is 4.93. The summed E-state index contributed by atoms with van der Waals surface area (Å²) in [4.78, 5) is 8.14. The molecule has 6 nitrogen and oxygen atoms in total. The molecule has 0 amide bonds. The standard InChI is InChI=1S/C16H18F3N5O/c17-16(18,19)10-3-5-11(6-4-10)24-15-13(20)14(22-9-23-15)21-8-12-2-1-7-25-12/h3-6,9,12H,1-2,7-8,20H2,(H2,21,22,23,24). The molecule has 1 saturated heterocycles. The Bertz CT molecular complexity index is 715. The minimum Gasteiger partial charge on any atom is -0.393 e. The predicted octanol–water partition coefficient (Wildman–Crippen LogP) is 3.41. The minimum atomic E-state index is -4.37. The van der Waals surface area contributed by atoms with Crippen molar-refractivity contribution in [3.63, 3.8) is 0 Å². The summed E-state index contributed by atoms with van der Waals surface area (Å²) in [5.41, 5.74) is 6.07. The Hall–Kier alpha value is -2.55. The zero-order valence-electron chi connectivity index (χ0n) is 13.3. The first kappa shape index (κ1) is 17.3. The largest absolute Gasteiger partial charge is 0.416 e. The molecule has 3 rings (SSSR count). The van der Waals surface area contributed by atoms with E-state index in [4.69, 9.17) is 10.5 Å². The van der Waals surface area contributed by atoms with Crippen molar-refractivity contribution in [2.45, 2.75) is 25.1 Å². The van der Waals surface area contributed by atoms with E-state index in [1.165, 1.54) is 18.5 Å². The van der Waals surface area contributed by atoms with Crippen LogP contribution in [0.15, 0.2) is 30.6 Å². The summed E-state index contributed by atoms with van der Waals surface area (Å²) in [5, 5.41) is 6.02. The van der Waals surface area contributed by atoms with Crippen molar-refractivity contribution in [3.05, 3.63) is 36.2 Å². The first-order chi connectivity index (χ1) is 11.9. The molecule has 1 aliphatic heterocycles. The summed E-state index contributed by atoms with van der Waals surface area (Å²) >= 11 is 0. The number of anilines is 4. The van der Waals surface area contributed by atoms with E-state index in [1.54, 1.807) is 0 Å². The van der Waals surface area contributed by atoms with Crippen molar-refractivity contribution in [3.8, 4) is 0 Å². The molecule has 0 aliphatic carbocycles. The molecule has 4 N–H and O–H groups in total. The van der Waals surface area contributed by atoms with E-state index in [-0.39, 0.29) is 6.10 Å². The Balaban J connectivity index is 1.68. The van der Waals surface area contributed by atoms with Crippen LogP contribution in [-0.4, -0.2) is 29.2 Å². The van der Waals surface area contributed by atoms with Gasteiger partial charge in [-0.1, -0.05) is 0 Å². The fraction of sp³-hybridized carbons (Fsp3) is 0.375. The average molecular weight is 353 g/mol. The third kappa shape index (κ3) is 4.30. The molecule has 1 aromatic heterocycles. The Morgan fingerprint density at radius 1 is 1.16 bits per heavy atom. The number of nitrogens with two attached hydrogens (primary N) is 1. The average Bonchev–Trinajstić information content (AvgIpc) is 3.09. The Morgan fingerprint density at radius 3 is 2.52 bits per heavy atom. The first-order valence-corrected chi connectivity index (χ1v) is 7.84. The van der Waals surface area contributed by atoms with E-state index < -0.39 is 11.7 Å². The molecular weight excluding hydrogens is 335 g/mol. The van der Waals surface area contributed by atoms with E-state index in [1.807, 2.05) is 0 Å². The molecular formula is C16H18F3N5O. The van der Waals surface area contributed by atoms with Crippen LogP contribution < -0.4 is 16.4 Å². The minimum absolute atomic E-state index is 0.126. The lowest BCUT2D eigenvalue weighted by Gasteiger charge is -2.15. The van der Waals surface area contributed by atoms with Gasteiger partial charge in [0.15, 0.2) is 11.6 Å². The summed E-state index contributed by atoms with van der Waals surface area (Å²) in [6, 6.07) is 4.64. The number of ether oxygens (including phenoxy) is 1. The van der Waals surface area contributed by atoms with Gasteiger partial charge >= 0.3 is 6.18 Å². The molecule has 1 unspecified atom stereocenters. The number of nitrogen functional groups attached to an aromatic ring is 1. The number of aromatic nitrogens is 2. The molecule has 0 bridgehead atoms. The second-order valence-electron chi connectivity index (χ2n) is 5.70. The quantitative estimate of drug-likeness (QED) is 0.764. The summed E-state index contributed by atoms with van der Waals surface area (Å²) < 4.78 is 43.3. The second kappa shape index (κ2) is 7.14. The second-order valence-corrected chi connectivity index (χ2v) is 5.70. The number of hydrogen-bond donors (Lipinski definition) is 3. The van der Waals surface area contributed by atoms with E-state index in [0.717, 1.165) is 31.6 Å². The molecule has 0 spiro atoms. The molecule has 1 aromatic carbocycles. The van der Waals surface area contributed by atoms with Crippen LogP contribution in [0, 0.1) is 0 Å². The summed E-state index contributed by atoms with van der Waals surface area (Å²) in [6.45, 7) is 1.34. The van der Waals surface area contributed by atoms with Crippen molar-refractivity contribution in [2.24, 2.45) is 0 Å². The third-order valence-corrected chi connectivity index (χ3v) is 3.88. The highest BCUT2D eigenvalue weighted by atomic mass is 19.4. The molecule has 1 fully saturated rings. The van der Waals surface area contributed by atoms with Gasteiger partial charge in [0, 0.05) is 18.8 Å². The van der Waals surface area contributed by atoms with Crippen LogP contribution in [0.2, 0.25) is 0 Å². The van der Waals surface area contributed by atoms with Crippen molar-refractivity contribution in [2.75, 3.05) is 29.5 Å². The molecule has 0 radical (unpaired) electrons. The van der Waals surface area contributed by atoms with Gasteiger partial charge < -0.3 is 21.1 Å². The topological polar surface area (TPSA) is 85.1 Å². The lowest BCUT2D eigenvalue weighted by atomic mass is 10.2. The molecule has 1 atom stereocenters. The van der Waals surface area contributed by atoms with Gasteiger partial charge in [0.05, 0.1) is 11.7 Å². The summed E-state index contributed by atoms with van der Waals surface area (Å²) in [5.74, 6) is 0.782. The van der Waals surface area contributed by atoms with Gasteiger partial charge in [-0.25, -0.2) is 9.97 Å². The highest BCUT2D eigenvalue weighted by molar-refractivity contribution is 5.77. The van der Waals surface area contributed by atoms with Gasteiger partial charge in [-0.15, -0.1) is 0 Å². The van der Waals surface area contributed by atoms with Crippen molar-refractivity contribution < 1.29 is 17.9 Å². The highest BCUT2D eigenvalue weighted by Crippen LogP contribution is 2.31. The lowest BCUT2D eigenvalue weighted by Crippen LogP contribution is -2.20. The molecule has 2 aromatic rings. The van der Waals surface area contributed by atoms with Crippen molar-refractivity contribution >= 4 is 23.0 Å². The molecule has 134 valence electrons. The summed E-state index contributed by atoms with van der Waals surface area (Å²) in [7, 11) is 0. The van der Waals surface area contributed by atoms with E-state index in [9.17, 15) is 13.2 Å². The molecule has 2 heterocycles. The van der Waals surface area contributed by atoms with Crippen molar-refractivity contribution in [1.29, 1.82) is 0 Å². The van der Waals surface area contributed by atoms with Gasteiger partial charge in [-0.3, -0.25) is 0 Å². The van der Waals surface area contributed by atoms with Crippen LogP contribution in [0.25, 0.3) is 0 Å². The number of nitrogens with one attached hydrogen (secondary N) is 2. The summed E-state index contributed by atoms with van der Waals surface area (Å²) in [6.07, 6.45) is -0.895. The number of benzene rings is 1. The number of halogens is 3. The number of rotatable bonds is 5. The number of hydrogen-bond acceptors (Lipinski definition) is 6. The van der Waals surface area contributed by atoms with Crippen LogP contribution in [0.3, 0.4) is 0 Å². The lowest BCUT2D eigenvalue weighted by molar-refractivity contribution is -0.137. The highest BCUT2D eigenvalue weighted by Gasteiger charge is 2.30. The first-order valence-electron chi connectivity index (χ1n) is 7.84. The monoisotopic (exact) mass is 353 g/mol. The Labute approximate surface area is 142 Å². The van der Waals surface area contributed by atoms with Gasteiger partial charge in [-0.2, -0.15) is 13.2 Å². The van der Waals surface area contributed by atoms with Crippen LogP contribution in [0.4, 0.5) is 36.2 Å². The van der Waals surface area contributed by atoms with Gasteiger partial charge in [0.1, 0.15) is 12.0 Å². The van der Waals surface area contributed by atoms with E-state index in [2.05, 4.69) is 20.6 Å². The maximum absolute atomic E-state index is 12.6. The third-order valence-electron chi connectivity index (χ3n) is 3.88. The van der Waals surface area contributed by atoms with Crippen LogP contribution in [0.1, 0.15) is 18.4 Å². The van der Waals surface area contributed by atoms with Crippen LogP contribution >= 0.6 is 0 Å². The number of nitrogens with zero attached hydrogens (tertiary/aromatic N) is 2. The Morgan fingerprint density at radius 2 is 1.88 bits per heavy atom. The van der Waals surface area contributed by atoms with E-state index >= 15 is 0 Å².